The van der Waals surface area contributed by atoms with Crippen LogP contribution in [0, 0.1) is 13.8 Å². The molecule has 1 N–H and O–H groups in total. The van der Waals surface area contributed by atoms with E-state index in [9.17, 15) is 9.59 Å². The lowest BCUT2D eigenvalue weighted by Crippen LogP contribution is -2.10. The Bertz CT molecular complexity index is 798. The predicted octanol–water partition coefficient (Wildman–Crippen LogP) is 3.09. The molecular formula is C17H22N4O3S2. The van der Waals surface area contributed by atoms with E-state index >= 15 is 0 Å². The summed E-state index contributed by atoms with van der Waals surface area (Å²) < 4.78 is 7.38. The largest absolute Gasteiger partial charge is 0.469 e. The summed E-state index contributed by atoms with van der Waals surface area (Å²) in [5.41, 5.74) is 2.49. The number of rotatable bonds is 10. The van der Waals surface area contributed by atoms with Gasteiger partial charge in [-0.25, -0.2) is 0 Å². The van der Waals surface area contributed by atoms with Crippen LogP contribution in [0.5, 0.6) is 0 Å². The molecule has 0 aliphatic rings. The average Bonchev–Trinajstić information content (AvgIpc) is 3.20. The van der Waals surface area contributed by atoms with Gasteiger partial charge >= 0.3 is 5.97 Å². The Morgan fingerprint density at radius 1 is 1.42 bits per heavy atom. The van der Waals surface area contributed by atoms with Crippen molar-refractivity contribution in [2.75, 3.05) is 24.7 Å². The van der Waals surface area contributed by atoms with Gasteiger partial charge in [-0.3, -0.25) is 9.59 Å². The van der Waals surface area contributed by atoms with Gasteiger partial charge in [0, 0.05) is 30.0 Å². The zero-order valence-corrected chi connectivity index (χ0v) is 16.7. The number of thioether (sulfide) groups is 1. The number of nitrogens with one attached hydrogen (secondary N) is 1. The van der Waals surface area contributed by atoms with E-state index in [1.807, 2.05) is 24.5 Å². The molecule has 0 unspecified atom stereocenters. The van der Waals surface area contributed by atoms with Gasteiger partial charge in [-0.1, -0.05) is 29.2 Å². The highest BCUT2D eigenvalue weighted by Crippen LogP contribution is 2.27. The second-order valence-corrected chi connectivity index (χ2v) is 7.72. The molecule has 0 aliphatic heterocycles. The molecule has 2 heterocycles. The van der Waals surface area contributed by atoms with Crippen LogP contribution in [0.4, 0.5) is 5.13 Å². The molecule has 0 spiro atoms. The van der Waals surface area contributed by atoms with Crippen molar-refractivity contribution in [3.8, 4) is 0 Å². The molecule has 2 aromatic rings. The number of carbonyl (C=O) groups excluding carboxylic acids is 2. The first-order chi connectivity index (χ1) is 12.5. The van der Waals surface area contributed by atoms with Crippen molar-refractivity contribution in [2.24, 2.45) is 0 Å². The van der Waals surface area contributed by atoms with Gasteiger partial charge in [0.1, 0.15) is 0 Å². The maximum Gasteiger partial charge on any atom is 0.307 e. The molecule has 0 atom stereocenters. The first kappa shape index (κ1) is 20.2. The maximum atomic E-state index is 12.6. The van der Waals surface area contributed by atoms with Gasteiger partial charge in [-0.15, -0.1) is 16.8 Å². The van der Waals surface area contributed by atoms with Gasteiger partial charge in [0.2, 0.25) is 5.13 Å². The van der Waals surface area contributed by atoms with Crippen molar-refractivity contribution >= 4 is 40.0 Å². The van der Waals surface area contributed by atoms with Crippen molar-refractivity contribution in [1.29, 1.82) is 0 Å². The van der Waals surface area contributed by atoms with Crippen molar-refractivity contribution in [2.45, 2.75) is 31.2 Å². The minimum atomic E-state index is -0.266. The van der Waals surface area contributed by atoms with E-state index in [4.69, 9.17) is 0 Å². The third kappa shape index (κ3) is 5.18. The highest BCUT2D eigenvalue weighted by atomic mass is 32.2. The highest BCUT2D eigenvalue weighted by molar-refractivity contribution is 8.01. The molecule has 0 radical (unpaired) electrons. The summed E-state index contributed by atoms with van der Waals surface area (Å²) in [5, 5.41) is 11.9. The quantitative estimate of drug-likeness (QED) is 0.287. The Morgan fingerprint density at radius 3 is 2.88 bits per heavy atom. The molecule has 9 heteroatoms. The monoisotopic (exact) mass is 394 g/mol. The molecule has 0 aromatic carbocycles. The molecule has 26 heavy (non-hydrogen) atoms. The molecule has 2 aromatic heterocycles. The molecule has 7 nitrogen and oxygen atoms in total. The SMILES string of the molecule is C=CCNc1nnc(SCC(=O)c2cc(C)n(CCC(=O)OC)c2C)s1. The van der Waals surface area contributed by atoms with Crippen LogP contribution >= 0.6 is 23.1 Å². The Labute approximate surface area is 160 Å². The lowest BCUT2D eigenvalue weighted by Gasteiger charge is -2.08. The summed E-state index contributed by atoms with van der Waals surface area (Å²) in [6.45, 7) is 8.58. The topological polar surface area (TPSA) is 86.1 Å². The zero-order valence-electron chi connectivity index (χ0n) is 15.1. The smallest absolute Gasteiger partial charge is 0.307 e. The van der Waals surface area contributed by atoms with Gasteiger partial charge < -0.3 is 14.6 Å². The molecule has 0 saturated heterocycles. The Morgan fingerprint density at radius 2 is 2.19 bits per heavy atom. The predicted molar refractivity (Wildman–Crippen MR) is 104 cm³/mol. The molecule has 0 bridgehead atoms. The Hall–Kier alpha value is -2.13. The van der Waals surface area contributed by atoms with Crippen molar-refractivity contribution in [3.05, 3.63) is 35.7 Å². The molecule has 0 aliphatic carbocycles. The number of methoxy groups -OCH3 is 1. The number of ether oxygens (including phenoxy) is 1. The molecule has 140 valence electrons. The van der Waals surface area contributed by atoms with Gasteiger partial charge in [-0.05, 0) is 19.9 Å². The lowest BCUT2D eigenvalue weighted by molar-refractivity contribution is -0.140. The number of hydrogen-bond donors (Lipinski definition) is 1. The van der Waals surface area contributed by atoms with Crippen molar-refractivity contribution in [1.82, 2.24) is 14.8 Å². The minimum Gasteiger partial charge on any atom is -0.469 e. The van der Waals surface area contributed by atoms with E-state index in [-0.39, 0.29) is 23.9 Å². The first-order valence-electron chi connectivity index (χ1n) is 8.04. The van der Waals surface area contributed by atoms with Crippen LogP contribution in [0.15, 0.2) is 23.1 Å². The number of hydrogen-bond acceptors (Lipinski definition) is 8. The second-order valence-electron chi connectivity index (χ2n) is 5.52. The summed E-state index contributed by atoms with van der Waals surface area (Å²) in [7, 11) is 1.37. The number of Topliss-reactive ketones (excluding diaryl/α,β-unsaturated/α-hetero) is 1. The third-order valence-electron chi connectivity index (χ3n) is 3.77. The zero-order chi connectivity index (χ0) is 19.1. The van der Waals surface area contributed by atoms with Crippen molar-refractivity contribution in [3.63, 3.8) is 0 Å². The number of nitrogens with zero attached hydrogens (tertiary/aromatic N) is 3. The first-order valence-corrected chi connectivity index (χ1v) is 9.84. The van der Waals surface area contributed by atoms with Crippen LogP contribution in [0.1, 0.15) is 28.2 Å². The number of carbonyl (C=O) groups is 2. The number of ketones is 1. The van der Waals surface area contributed by atoms with E-state index in [0.29, 0.717) is 23.8 Å². The Balaban J connectivity index is 1.97. The summed E-state index contributed by atoms with van der Waals surface area (Å²) in [4.78, 5) is 23.9. The lowest BCUT2D eigenvalue weighted by atomic mass is 10.2. The van der Waals surface area contributed by atoms with E-state index in [2.05, 4.69) is 26.8 Å². The number of anilines is 1. The fourth-order valence-corrected chi connectivity index (χ4v) is 4.08. The number of esters is 1. The van der Waals surface area contributed by atoms with Crippen LogP contribution in [0.3, 0.4) is 0 Å². The molecule has 0 fully saturated rings. The van der Waals surface area contributed by atoms with E-state index in [1.54, 1.807) is 6.08 Å². The summed E-state index contributed by atoms with van der Waals surface area (Å²) in [6, 6.07) is 1.87. The van der Waals surface area contributed by atoms with Crippen LogP contribution in [0.2, 0.25) is 0 Å². The van der Waals surface area contributed by atoms with Gasteiger partial charge in [0.15, 0.2) is 10.1 Å². The standard InChI is InChI=1S/C17H22N4O3S2/c1-5-7-18-16-19-20-17(26-16)25-10-14(22)13-9-11(2)21(12(13)3)8-6-15(23)24-4/h5,9H,1,6-8,10H2,2-4H3,(H,18,19). The van der Waals surface area contributed by atoms with E-state index in [0.717, 1.165) is 15.7 Å². The number of aryl methyl sites for hydroxylation is 1. The number of aromatic nitrogens is 3. The summed E-state index contributed by atoms with van der Waals surface area (Å²) >= 11 is 2.78. The molecule has 0 amide bonds. The van der Waals surface area contributed by atoms with Crippen LogP contribution < -0.4 is 5.32 Å². The maximum absolute atomic E-state index is 12.6. The van der Waals surface area contributed by atoms with Crippen LogP contribution in [0.25, 0.3) is 0 Å². The van der Waals surface area contributed by atoms with Crippen LogP contribution in [-0.4, -0.2) is 45.9 Å². The summed E-state index contributed by atoms with van der Waals surface area (Å²) in [6.07, 6.45) is 2.02. The minimum absolute atomic E-state index is 0.0308. The Kier molecular flexibility index (Phi) is 7.40. The molecular weight excluding hydrogens is 372 g/mol. The summed E-state index contributed by atoms with van der Waals surface area (Å²) in [5.74, 6) is 0.0542. The highest BCUT2D eigenvalue weighted by Gasteiger charge is 2.17. The van der Waals surface area contributed by atoms with Gasteiger partial charge in [0.25, 0.3) is 0 Å². The third-order valence-corrected chi connectivity index (χ3v) is 5.79. The normalized spacial score (nSPS) is 10.6. The average molecular weight is 395 g/mol. The van der Waals surface area contributed by atoms with E-state index in [1.165, 1.54) is 30.2 Å². The molecule has 0 saturated carbocycles. The van der Waals surface area contributed by atoms with Gasteiger partial charge in [-0.2, -0.15) is 0 Å². The molecule has 2 rings (SSSR count). The van der Waals surface area contributed by atoms with E-state index < -0.39 is 0 Å². The fraction of sp³-hybridized carbons (Fsp3) is 0.412. The van der Waals surface area contributed by atoms with Crippen molar-refractivity contribution < 1.29 is 14.3 Å². The second kappa shape index (κ2) is 9.54. The van der Waals surface area contributed by atoms with Gasteiger partial charge in [0.05, 0.1) is 19.3 Å². The van der Waals surface area contributed by atoms with Crippen LogP contribution in [-0.2, 0) is 16.1 Å². The fourth-order valence-electron chi connectivity index (χ4n) is 2.44.